The summed E-state index contributed by atoms with van der Waals surface area (Å²) in [5.74, 6) is 5.56. The Balaban J connectivity index is 1.62. The number of carbonyl (C=O) groups is 1. The highest BCUT2D eigenvalue weighted by Gasteiger charge is 2.79. The minimum absolute atomic E-state index is 0.126. The second-order valence-corrected chi connectivity index (χ2v) is 11.4. The Hall–Kier alpha value is -0.920. The van der Waals surface area contributed by atoms with E-state index >= 15 is 0 Å². The molecule has 27 heavy (non-hydrogen) atoms. The highest BCUT2D eigenvalue weighted by molar-refractivity contribution is 5.91. The molecule has 0 bridgehead atoms. The van der Waals surface area contributed by atoms with E-state index in [1.54, 1.807) is 0 Å². The van der Waals surface area contributed by atoms with Gasteiger partial charge in [-0.3, -0.25) is 4.79 Å². The molecule has 5 aliphatic carbocycles. The fourth-order valence-corrected chi connectivity index (χ4v) is 9.83. The van der Waals surface area contributed by atoms with E-state index < -0.39 is 0 Å². The summed E-state index contributed by atoms with van der Waals surface area (Å²) in [6.07, 6.45) is 10.6. The Labute approximate surface area is 165 Å². The average Bonchev–Trinajstić information content (AvgIpc) is 3.20. The van der Waals surface area contributed by atoms with E-state index in [1.165, 1.54) is 18.4 Å². The van der Waals surface area contributed by atoms with E-state index in [0.29, 0.717) is 28.4 Å². The van der Waals surface area contributed by atoms with Crippen LogP contribution < -0.4 is 0 Å². The van der Waals surface area contributed by atoms with Crippen molar-refractivity contribution < 1.29 is 4.79 Å². The van der Waals surface area contributed by atoms with Crippen LogP contribution in [0.3, 0.4) is 0 Å². The summed E-state index contributed by atoms with van der Waals surface area (Å²) in [5, 5.41) is 8.47. The van der Waals surface area contributed by atoms with Gasteiger partial charge in [-0.1, -0.05) is 40.2 Å². The van der Waals surface area contributed by atoms with Crippen LogP contribution in [0.5, 0.6) is 0 Å². The topological polar surface area (TPSA) is 40.9 Å². The molecule has 0 heterocycles. The van der Waals surface area contributed by atoms with Crippen LogP contribution in [0, 0.1) is 63.1 Å². The molecule has 1 N–H and O–H groups in total. The molecule has 0 aromatic rings. The van der Waals surface area contributed by atoms with E-state index in [9.17, 15) is 4.79 Å². The second kappa shape index (κ2) is 5.36. The van der Waals surface area contributed by atoms with Crippen molar-refractivity contribution in [2.45, 2.75) is 73.1 Å². The normalized spacial score (nSPS) is 58.5. The van der Waals surface area contributed by atoms with E-state index in [0.717, 1.165) is 55.3 Å². The monoisotopic (exact) mass is 367 g/mol. The van der Waals surface area contributed by atoms with Crippen molar-refractivity contribution in [2.24, 2.45) is 57.7 Å². The number of rotatable bonds is 2. The molecule has 0 radical (unpaired) electrons. The highest BCUT2D eigenvalue weighted by atomic mass is 16.1. The molecule has 4 saturated carbocycles. The van der Waals surface area contributed by atoms with Gasteiger partial charge in [0.25, 0.3) is 0 Å². The Bertz CT molecular complexity index is 739. The lowest BCUT2D eigenvalue weighted by Crippen LogP contribution is -2.58. The first kappa shape index (κ1) is 18.1. The molecule has 0 spiro atoms. The van der Waals surface area contributed by atoms with Gasteiger partial charge in [-0.05, 0) is 90.4 Å². The summed E-state index contributed by atoms with van der Waals surface area (Å²) in [4.78, 5) is 12.1. The zero-order valence-electron chi connectivity index (χ0n) is 17.8. The van der Waals surface area contributed by atoms with Crippen LogP contribution in [0.25, 0.3) is 0 Å². The van der Waals surface area contributed by atoms with Gasteiger partial charge in [0.2, 0.25) is 0 Å². The maximum absolute atomic E-state index is 12.1. The standard InChI is InChI=1S/C25H37NO/c1-6-25(13-26)21-15(3)19(21)22-20-14(2)11-16-12-17(27)7-8-18(16)23(20,4)9-10-24(22,25)5/h12-15,18-22,26H,6-11H2,1-5H3. The first-order chi connectivity index (χ1) is 12.7. The van der Waals surface area contributed by atoms with Gasteiger partial charge in [0.15, 0.2) is 5.78 Å². The highest BCUT2D eigenvalue weighted by Crippen LogP contribution is 2.83. The minimum Gasteiger partial charge on any atom is -0.312 e. The summed E-state index contributed by atoms with van der Waals surface area (Å²) < 4.78 is 0. The first-order valence-electron chi connectivity index (χ1n) is 11.5. The number of allylic oxidation sites excluding steroid dienone is 1. The summed E-state index contributed by atoms with van der Waals surface area (Å²) in [6.45, 7) is 12.4. The number of nitrogens with one attached hydrogen (secondary N) is 1. The van der Waals surface area contributed by atoms with Crippen molar-refractivity contribution in [1.29, 1.82) is 5.41 Å². The maximum atomic E-state index is 12.1. The summed E-state index contributed by atoms with van der Waals surface area (Å²) in [5.41, 5.74) is 2.26. The third-order valence-electron chi connectivity index (χ3n) is 10.9. The van der Waals surface area contributed by atoms with Gasteiger partial charge < -0.3 is 5.41 Å². The molecule has 148 valence electrons. The molecule has 10 unspecified atom stereocenters. The first-order valence-corrected chi connectivity index (χ1v) is 11.5. The number of hydrogen-bond donors (Lipinski definition) is 1. The van der Waals surface area contributed by atoms with Crippen LogP contribution in [0.1, 0.15) is 73.1 Å². The van der Waals surface area contributed by atoms with E-state index in [1.807, 2.05) is 12.3 Å². The lowest BCUT2D eigenvalue weighted by atomic mass is 9.40. The number of fused-ring (bicyclic) bond motifs is 7. The van der Waals surface area contributed by atoms with Crippen LogP contribution in [0.15, 0.2) is 11.6 Å². The van der Waals surface area contributed by atoms with Crippen molar-refractivity contribution >= 4 is 12.0 Å². The van der Waals surface area contributed by atoms with Crippen molar-refractivity contribution in [3.8, 4) is 0 Å². The van der Waals surface area contributed by atoms with E-state index in [2.05, 4.69) is 34.6 Å². The number of carbonyl (C=O) groups excluding carboxylic acids is 1. The molecular formula is C25H37NO. The van der Waals surface area contributed by atoms with Crippen molar-refractivity contribution in [3.63, 3.8) is 0 Å². The van der Waals surface area contributed by atoms with E-state index in [4.69, 9.17) is 5.41 Å². The molecule has 10 atom stereocenters. The molecule has 0 saturated heterocycles. The fraction of sp³-hybridized carbons (Fsp3) is 0.840. The zero-order valence-corrected chi connectivity index (χ0v) is 17.8. The van der Waals surface area contributed by atoms with Gasteiger partial charge in [0.05, 0.1) is 0 Å². The number of hydrogen-bond acceptors (Lipinski definition) is 2. The van der Waals surface area contributed by atoms with Crippen LogP contribution in [-0.4, -0.2) is 12.0 Å². The largest absolute Gasteiger partial charge is 0.312 e. The third kappa shape index (κ3) is 1.89. The van der Waals surface area contributed by atoms with E-state index in [-0.39, 0.29) is 5.41 Å². The van der Waals surface area contributed by atoms with Crippen molar-refractivity contribution in [2.75, 3.05) is 0 Å². The summed E-state index contributed by atoms with van der Waals surface area (Å²) in [7, 11) is 0. The van der Waals surface area contributed by atoms with Crippen LogP contribution in [-0.2, 0) is 4.79 Å². The van der Waals surface area contributed by atoms with Gasteiger partial charge in [0.1, 0.15) is 0 Å². The van der Waals surface area contributed by atoms with Crippen LogP contribution in [0.2, 0.25) is 0 Å². The van der Waals surface area contributed by atoms with Crippen molar-refractivity contribution in [3.05, 3.63) is 11.6 Å². The predicted octanol–water partition coefficient (Wildman–Crippen LogP) is 5.91. The Morgan fingerprint density at radius 1 is 1.19 bits per heavy atom. The lowest BCUT2D eigenvalue weighted by molar-refractivity contribution is -0.133. The van der Waals surface area contributed by atoms with Gasteiger partial charge >= 0.3 is 0 Å². The Morgan fingerprint density at radius 3 is 2.59 bits per heavy atom. The predicted molar refractivity (Wildman–Crippen MR) is 110 cm³/mol. The molecule has 0 aromatic heterocycles. The molecule has 0 amide bonds. The maximum Gasteiger partial charge on any atom is 0.155 e. The van der Waals surface area contributed by atoms with Gasteiger partial charge in [-0.25, -0.2) is 0 Å². The molecule has 5 aliphatic rings. The second-order valence-electron chi connectivity index (χ2n) is 11.4. The average molecular weight is 368 g/mol. The quantitative estimate of drug-likeness (QED) is 0.605. The summed E-state index contributed by atoms with van der Waals surface area (Å²) >= 11 is 0. The smallest absolute Gasteiger partial charge is 0.155 e. The van der Waals surface area contributed by atoms with Crippen LogP contribution in [0.4, 0.5) is 0 Å². The molecule has 5 rings (SSSR count). The fourth-order valence-electron chi connectivity index (χ4n) is 9.83. The Morgan fingerprint density at radius 2 is 1.93 bits per heavy atom. The Kier molecular flexibility index (Phi) is 3.60. The molecule has 0 aliphatic heterocycles. The zero-order chi connectivity index (χ0) is 19.4. The minimum atomic E-state index is 0.126. The van der Waals surface area contributed by atoms with Gasteiger partial charge in [0, 0.05) is 18.1 Å². The van der Waals surface area contributed by atoms with Crippen LogP contribution >= 0.6 is 0 Å². The number of ketones is 1. The lowest BCUT2D eigenvalue weighted by Gasteiger charge is -2.64. The molecule has 0 aromatic carbocycles. The summed E-state index contributed by atoms with van der Waals surface area (Å²) in [6, 6.07) is 0. The molecule has 2 heteroatoms. The SMILES string of the molecule is CCC1(C=N)C2C(C)C2C2C3C(C)CC4=CC(=O)CCC4C3(C)CCC21C. The molecule has 2 nitrogen and oxygen atoms in total. The molecular weight excluding hydrogens is 330 g/mol. The molecule has 4 fully saturated rings. The van der Waals surface area contributed by atoms with Crippen molar-refractivity contribution in [1.82, 2.24) is 0 Å². The van der Waals surface area contributed by atoms with Gasteiger partial charge in [-0.2, -0.15) is 0 Å². The third-order valence-corrected chi connectivity index (χ3v) is 10.9. The van der Waals surface area contributed by atoms with Gasteiger partial charge in [-0.15, -0.1) is 0 Å².